The van der Waals surface area contributed by atoms with Gasteiger partial charge >= 0.3 is 0 Å². The first-order valence-corrected chi connectivity index (χ1v) is 7.89. The van der Waals surface area contributed by atoms with Crippen LogP contribution in [0.4, 0.5) is 0 Å². The van der Waals surface area contributed by atoms with Crippen molar-refractivity contribution in [2.24, 2.45) is 0 Å². The van der Waals surface area contributed by atoms with E-state index in [0.717, 1.165) is 14.4 Å². The standard InChI is InChI=1S/C13H9ClS3/c14-12-8-4-2-6-10(12)5-1-3-7-11-9-13(15)17-16-11/h1-9H/b5-1+,7-3+. The Morgan fingerprint density at radius 3 is 2.53 bits per heavy atom. The Morgan fingerprint density at radius 2 is 1.82 bits per heavy atom. The topological polar surface area (TPSA) is 0 Å². The summed E-state index contributed by atoms with van der Waals surface area (Å²) in [4.78, 5) is 1.18. The average Bonchev–Trinajstić information content (AvgIpc) is 2.73. The second-order valence-electron chi connectivity index (χ2n) is 3.27. The van der Waals surface area contributed by atoms with E-state index in [0.29, 0.717) is 0 Å². The van der Waals surface area contributed by atoms with E-state index < -0.39 is 0 Å². The molecule has 0 saturated heterocycles. The first-order chi connectivity index (χ1) is 8.25. The second-order valence-corrected chi connectivity index (χ2v) is 6.62. The molecule has 0 N–H and O–H groups in total. The van der Waals surface area contributed by atoms with E-state index in [2.05, 4.69) is 0 Å². The fraction of sp³-hybridized carbons (Fsp3) is 0. The second kappa shape index (κ2) is 6.26. The molecule has 4 heteroatoms. The van der Waals surface area contributed by atoms with Crippen LogP contribution < -0.4 is 0 Å². The van der Waals surface area contributed by atoms with E-state index in [1.54, 1.807) is 20.7 Å². The van der Waals surface area contributed by atoms with Crippen molar-refractivity contribution in [1.29, 1.82) is 0 Å². The normalized spacial score (nSPS) is 11.6. The fourth-order valence-electron chi connectivity index (χ4n) is 1.25. The number of benzene rings is 1. The maximum atomic E-state index is 6.04. The molecule has 17 heavy (non-hydrogen) atoms. The largest absolute Gasteiger partial charge is 0.102 e. The number of hydrogen-bond acceptors (Lipinski definition) is 3. The summed E-state index contributed by atoms with van der Waals surface area (Å²) >= 11 is 11.1. The molecule has 0 bridgehead atoms. The highest BCUT2D eigenvalue weighted by molar-refractivity contribution is 7.79. The van der Waals surface area contributed by atoms with Crippen LogP contribution in [-0.2, 0) is 0 Å². The first-order valence-electron chi connectivity index (χ1n) is 4.95. The predicted octanol–water partition coefficient (Wildman–Crippen LogP) is 5.92. The zero-order chi connectivity index (χ0) is 12.1. The number of halogens is 1. The number of allylic oxidation sites excluding steroid dienone is 2. The zero-order valence-corrected chi connectivity index (χ0v) is 12.0. The minimum atomic E-state index is 0.767. The molecule has 0 aliphatic heterocycles. The predicted molar refractivity (Wildman–Crippen MR) is 82.6 cm³/mol. The van der Waals surface area contributed by atoms with Crippen molar-refractivity contribution in [3.8, 4) is 0 Å². The summed E-state index contributed by atoms with van der Waals surface area (Å²) in [6, 6.07) is 9.77. The Labute approximate surface area is 118 Å². The van der Waals surface area contributed by atoms with Crippen LogP contribution in [0.2, 0.25) is 5.02 Å². The highest BCUT2D eigenvalue weighted by Crippen LogP contribution is 2.19. The van der Waals surface area contributed by atoms with Gasteiger partial charge in [-0.1, -0.05) is 80.9 Å². The van der Waals surface area contributed by atoms with Gasteiger partial charge in [0.25, 0.3) is 0 Å². The van der Waals surface area contributed by atoms with Crippen molar-refractivity contribution >= 4 is 56.7 Å². The summed E-state index contributed by atoms with van der Waals surface area (Å²) in [5, 5.41) is 0.767. The van der Waals surface area contributed by atoms with Gasteiger partial charge in [0.1, 0.15) is 3.82 Å². The van der Waals surface area contributed by atoms with Crippen molar-refractivity contribution < 1.29 is 0 Å². The van der Waals surface area contributed by atoms with Crippen LogP contribution in [0.25, 0.3) is 12.2 Å². The van der Waals surface area contributed by atoms with Crippen molar-refractivity contribution in [3.63, 3.8) is 0 Å². The lowest BCUT2D eigenvalue weighted by atomic mass is 10.2. The van der Waals surface area contributed by atoms with E-state index >= 15 is 0 Å². The van der Waals surface area contributed by atoms with Crippen LogP contribution in [0.1, 0.15) is 10.4 Å². The minimum Gasteiger partial charge on any atom is -0.0837 e. The van der Waals surface area contributed by atoms with Crippen LogP contribution in [0, 0.1) is 3.82 Å². The summed E-state index contributed by atoms with van der Waals surface area (Å²) < 4.78 is 0.935. The summed E-state index contributed by atoms with van der Waals surface area (Å²) in [6.07, 6.45) is 8.01. The van der Waals surface area contributed by atoms with E-state index in [4.69, 9.17) is 23.8 Å². The number of rotatable bonds is 3. The molecule has 0 radical (unpaired) electrons. The van der Waals surface area contributed by atoms with Gasteiger partial charge in [-0.3, -0.25) is 0 Å². The SMILES string of the molecule is S=c1cc(/C=C/C=C/c2ccccc2Cl)ss1. The maximum absolute atomic E-state index is 6.04. The maximum Gasteiger partial charge on any atom is 0.102 e. The van der Waals surface area contributed by atoms with E-state index in [1.165, 1.54) is 4.88 Å². The Kier molecular flexibility index (Phi) is 4.68. The van der Waals surface area contributed by atoms with Gasteiger partial charge in [-0.2, -0.15) is 0 Å². The van der Waals surface area contributed by atoms with E-state index in [9.17, 15) is 0 Å². The monoisotopic (exact) mass is 296 g/mol. The Bertz CT molecular complexity index is 605. The molecule has 1 heterocycles. The van der Waals surface area contributed by atoms with Crippen molar-refractivity contribution in [1.82, 2.24) is 0 Å². The molecule has 0 amide bonds. The van der Waals surface area contributed by atoms with Crippen molar-refractivity contribution in [3.05, 3.63) is 61.8 Å². The molecule has 0 aliphatic carbocycles. The molecule has 0 spiro atoms. The Morgan fingerprint density at radius 1 is 1.06 bits per heavy atom. The van der Waals surface area contributed by atoms with Crippen LogP contribution in [0.15, 0.2) is 42.5 Å². The molecule has 0 fully saturated rings. The zero-order valence-electron chi connectivity index (χ0n) is 8.80. The Balaban J connectivity index is 2.05. The molecular weight excluding hydrogens is 288 g/mol. The van der Waals surface area contributed by atoms with Crippen LogP contribution in [0.5, 0.6) is 0 Å². The van der Waals surface area contributed by atoms with Gasteiger partial charge in [-0.05, 0) is 23.8 Å². The molecule has 1 aromatic heterocycles. The smallest absolute Gasteiger partial charge is 0.0837 e. The third-order valence-electron chi connectivity index (χ3n) is 2.03. The molecule has 2 rings (SSSR count). The van der Waals surface area contributed by atoms with Gasteiger partial charge in [0.2, 0.25) is 0 Å². The highest BCUT2D eigenvalue weighted by atomic mass is 35.5. The highest BCUT2D eigenvalue weighted by Gasteiger charge is 1.92. The molecule has 0 aliphatic rings. The van der Waals surface area contributed by atoms with E-state index in [-0.39, 0.29) is 0 Å². The Hall–Kier alpha value is -0.740. The summed E-state index contributed by atoms with van der Waals surface area (Å²) in [6.45, 7) is 0. The van der Waals surface area contributed by atoms with Crippen LogP contribution in [-0.4, -0.2) is 0 Å². The lowest BCUT2D eigenvalue weighted by molar-refractivity contribution is 1.66. The van der Waals surface area contributed by atoms with E-state index in [1.807, 2.05) is 54.6 Å². The van der Waals surface area contributed by atoms with Crippen molar-refractivity contribution in [2.75, 3.05) is 0 Å². The van der Waals surface area contributed by atoms with Crippen molar-refractivity contribution in [2.45, 2.75) is 0 Å². The van der Waals surface area contributed by atoms with Crippen LogP contribution in [0.3, 0.4) is 0 Å². The first kappa shape index (κ1) is 12.7. The summed E-state index contributed by atoms with van der Waals surface area (Å²) in [5.74, 6) is 0. The molecular formula is C13H9ClS3. The van der Waals surface area contributed by atoms with Gasteiger partial charge in [-0.25, -0.2) is 0 Å². The van der Waals surface area contributed by atoms with Gasteiger partial charge in [0.05, 0.1) is 0 Å². The third-order valence-corrected chi connectivity index (χ3v) is 5.24. The van der Waals surface area contributed by atoms with Gasteiger partial charge < -0.3 is 0 Å². The molecule has 1 aromatic carbocycles. The summed E-state index contributed by atoms with van der Waals surface area (Å²) in [7, 11) is 3.31. The van der Waals surface area contributed by atoms with Gasteiger partial charge in [0, 0.05) is 9.90 Å². The number of hydrogen-bond donors (Lipinski definition) is 0. The molecule has 86 valence electrons. The van der Waals surface area contributed by atoms with Gasteiger partial charge in [0.15, 0.2) is 0 Å². The average molecular weight is 297 g/mol. The molecule has 0 unspecified atom stereocenters. The summed E-state index contributed by atoms with van der Waals surface area (Å²) in [5.41, 5.74) is 1.02. The molecule has 0 atom stereocenters. The molecule has 0 nitrogen and oxygen atoms in total. The minimum absolute atomic E-state index is 0.767. The molecule has 0 saturated carbocycles. The fourth-order valence-corrected chi connectivity index (χ4v) is 3.67. The molecule has 2 aromatic rings. The van der Waals surface area contributed by atoms with Gasteiger partial charge in [-0.15, -0.1) is 0 Å². The lowest BCUT2D eigenvalue weighted by Gasteiger charge is -1.94. The third kappa shape index (κ3) is 3.89. The lowest BCUT2D eigenvalue weighted by Crippen LogP contribution is -1.71. The van der Waals surface area contributed by atoms with Crippen LogP contribution >= 0.6 is 44.5 Å². The quantitative estimate of drug-likeness (QED) is 0.385.